The molecule has 3 rings (SSSR count). The highest BCUT2D eigenvalue weighted by atomic mass is 32.2. The van der Waals surface area contributed by atoms with Gasteiger partial charge in [-0.25, -0.2) is 0 Å². The molecule has 0 aliphatic heterocycles. The van der Waals surface area contributed by atoms with Gasteiger partial charge in [0.15, 0.2) is 17.1 Å². The van der Waals surface area contributed by atoms with Crippen LogP contribution in [0.2, 0.25) is 0 Å². The molecule has 3 aromatic rings. The second-order valence-electron chi connectivity index (χ2n) is 6.91. The normalized spacial score (nSPS) is 11.9. The summed E-state index contributed by atoms with van der Waals surface area (Å²) < 4.78 is 13.6. The van der Waals surface area contributed by atoms with Gasteiger partial charge in [-0.15, -0.1) is 16.8 Å². The van der Waals surface area contributed by atoms with Crippen molar-refractivity contribution in [1.82, 2.24) is 14.8 Å². The lowest BCUT2D eigenvalue weighted by Gasteiger charge is -2.17. The Morgan fingerprint density at radius 2 is 2.00 bits per heavy atom. The number of rotatable bonds is 9. The standard InChI is InChI=1S/C23H27N3O2S/c1-6-12-26-22(18(4)28-21-11-10-16(2)13-17(21)3)24-25-23(26)29-15-19-8-7-9-20(14-19)27-5/h6-11,13-14,18H,1,12,15H2,2-5H3. The zero-order valence-electron chi connectivity index (χ0n) is 17.4. The Morgan fingerprint density at radius 3 is 2.72 bits per heavy atom. The predicted octanol–water partition coefficient (Wildman–Crippen LogP) is 5.52. The van der Waals surface area contributed by atoms with Gasteiger partial charge in [0, 0.05) is 12.3 Å². The molecule has 0 saturated carbocycles. The van der Waals surface area contributed by atoms with Crippen LogP contribution in [0, 0.1) is 13.8 Å². The Balaban J connectivity index is 1.77. The predicted molar refractivity (Wildman–Crippen MR) is 118 cm³/mol. The van der Waals surface area contributed by atoms with E-state index in [0.717, 1.165) is 33.8 Å². The second-order valence-corrected chi connectivity index (χ2v) is 7.85. The first-order chi connectivity index (χ1) is 14.0. The van der Waals surface area contributed by atoms with Crippen molar-refractivity contribution in [3.8, 4) is 11.5 Å². The smallest absolute Gasteiger partial charge is 0.191 e. The van der Waals surface area contributed by atoms with Crippen molar-refractivity contribution in [2.75, 3.05) is 7.11 Å². The number of methoxy groups -OCH3 is 1. The van der Waals surface area contributed by atoms with E-state index < -0.39 is 0 Å². The number of aromatic nitrogens is 3. The van der Waals surface area contributed by atoms with Crippen molar-refractivity contribution in [2.24, 2.45) is 0 Å². The summed E-state index contributed by atoms with van der Waals surface area (Å²) in [5, 5.41) is 9.67. The minimum Gasteiger partial charge on any atom is -0.497 e. The highest BCUT2D eigenvalue weighted by molar-refractivity contribution is 7.98. The Bertz CT molecular complexity index is 984. The van der Waals surface area contributed by atoms with Crippen LogP contribution in [-0.2, 0) is 12.3 Å². The van der Waals surface area contributed by atoms with Crippen LogP contribution in [0.3, 0.4) is 0 Å². The first-order valence-corrected chi connectivity index (χ1v) is 10.5. The number of ether oxygens (including phenoxy) is 2. The summed E-state index contributed by atoms with van der Waals surface area (Å²) in [6.45, 7) is 10.6. The fraction of sp³-hybridized carbons (Fsp3) is 0.304. The van der Waals surface area contributed by atoms with Gasteiger partial charge in [0.2, 0.25) is 0 Å². The van der Waals surface area contributed by atoms with E-state index in [1.165, 1.54) is 11.1 Å². The zero-order chi connectivity index (χ0) is 20.8. The first kappa shape index (κ1) is 21.0. The molecule has 1 unspecified atom stereocenters. The Hall–Kier alpha value is -2.73. The van der Waals surface area contributed by atoms with Crippen LogP contribution < -0.4 is 9.47 Å². The third-order valence-electron chi connectivity index (χ3n) is 4.56. The SMILES string of the molecule is C=CCn1c(SCc2cccc(OC)c2)nnc1C(C)Oc1ccc(C)cc1C. The van der Waals surface area contributed by atoms with Crippen molar-refractivity contribution in [3.63, 3.8) is 0 Å². The van der Waals surface area contributed by atoms with Crippen LogP contribution in [0.25, 0.3) is 0 Å². The maximum atomic E-state index is 6.20. The molecule has 0 bridgehead atoms. The number of nitrogens with zero attached hydrogens (tertiary/aromatic N) is 3. The van der Waals surface area contributed by atoms with Crippen LogP contribution >= 0.6 is 11.8 Å². The summed E-state index contributed by atoms with van der Waals surface area (Å²) in [5.74, 6) is 3.28. The van der Waals surface area contributed by atoms with Crippen LogP contribution in [0.1, 0.15) is 35.5 Å². The molecule has 29 heavy (non-hydrogen) atoms. The highest BCUT2D eigenvalue weighted by Gasteiger charge is 2.19. The fourth-order valence-corrected chi connectivity index (χ4v) is 3.99. The summed E-state index contributed by atoms with van der Waals surface area (Å²) in [4.78, 5) is 0. The third kappa shape index (κ3) is 5.21. The molecule has 0 spiro atoms. The lowest BCUT2D eigenvalue weighted by atomic mass is 10.1. The highest BCUT2D eigenvalue weighted by Crippen LogP contribution is 2.29. The average molecular weight is 410 g/mol. The van der Waals surface area contributed by atoms with E-state index in [2.05, 4.69) is 53.4 Å². The lowest BCUT2D eigenvalue weighted by molar-refractivity contribution is 0.209. The van der Waals surface area contributed by atoms with Crippen molar-refractivity contribution in [3.05, 3.63) is 77.6 Å². The molecule has 1 aromatic heterocycles. The van der Waals surface area contributed by atoms with E-state index in [4.69, 9.17) is 9.47 Å². The van der Waals surface area contributed by atoms with Gasteiger partial charge in [0.05, 0.1) is 7.11 Å². The van der Waals surface area contributed by atoms with E-state index in [9.17, 15) is 0 Å². The van der Waals surface area contributed by atoms with Crippen LogP contribution in [-0.4, -0.2) is 21.9 Å². The van der Waals surface area contributed by atoms with Crippen molar-refractivity contribution in [2.45, 2.75) is 44.3 Å². The zero-order valence-corrected chi connectivity index (χ0v) is 18.2. The summed E-state index contributed by atoms with van der Waals surface area (Å²) in [7, 11) is 1.68. The molecule has 6 heteroatoms. The minimum atomic E-state index is -0.227. The van der Waals surface area contributed by atoms with E-state index in [1.54, 1.807) is 18.9 Å². The van der Waals surface area contributed by atoms with E-state index >= 15 is 0 Å². The van der Waals surface area contributed by atoms with E-state index in [-0.39, 0.29) is 6.10 Å². The quantitative estimate of drug-likeness (QED) is 0.344. The number of hydrogen-bond donors (Lipinski definition) is 0. The molecule has 0 fully saturated rings. The topological polar surface area (TPSA) is 49.2 Å². The Labute approximate surface area is 176 Å². The Morgan fingerprint density at radius 1 is 1.17 bits per heavy atom. The molecule has 0 amide bonds. The molecule has 0 radical (unpaired) electrons. The van der Waals surface area contributed by atoms with Gasteiger partial charge in [0.1, 0.15) is 11.5 Å². The second kappa shape index (κ2) is 9.65. The average Bonchev–Trinajstić information content (AvgIpc) is 3.11. The Kier molecular flexibility index (Phi) is 6.99. The van der Waals surface area contributed by atoms with Crippen LogP contribution in [0.4, 0.5) is 0 Å². The molecule has 0 aliphatic rings. The molecule has 1 atom stereocenters. The number of allylic oxidation sites excluding steroid dienone is 1. The van der Waals surface area contributed by atoms with Gasteiger partial charge < -0.3 is 9.47 Å². The van der Waals surface area contributed by atoms with E-state index in [0.29, 0.717) is 6.54 Å². The number of benzene rings is 2. The van der Waals surface area contributed by atoms with Crippen molar-refractivity contribution in [1.29, 1.82) is 0 Å². The molecule has 0 saturated heterocycles. The maximum absolute atomic E-state index is 6.20. The maximum Gasteiger partial charge on any atom is 0.191 e. The number of hydrogen-bond acceptors (Lipinski definition) is 5. The first-order valence-electron chi connectivity index (χ1n) is 9.55. The molecule has 0 aliphatic carbocycles. The molecule has 2 aromatic carbocycles. The number of thioether (sulfide) groups is 1. The van der Waals surface area contributed by atoms with Gasteiger partial charge in [-0.2, -0.15) is 0 Å². The van der Waals surface area contributed by atoms with Gasteiger partial charge in [0.25, 0.3) is 0 Å². The van der Waals surface area contributed by atoms with Crippen molar-refractivity contribution < 1.29 is 9.47 Å². The molecule has 0 N–H and O–H groups in total. The summed E-state index contributed by atoms with van der Waals surface area (Å²) in [5.41, 5.74) is 3.50. The molecule has 1 heterocycles. The van der Waals surface area contributed by atoms with Crippen LogP contribution in [0.15, 0.2) is 60.3 Å². The lowest BCUT2D eigenvalue weighted by Crippen LogP contribution is -2.12. The van der Waals surface area contributed by atoms with Crippen LogP contribution in [0.5, 0.6) is 11.5 Å². The van der Waals surface area contributed by atoms with Gasteiger partial charge in [-0.3, -0.25) is 4.57 Å². The largest absolute Gasteiger partial charge is 0.497 e. The third-order valence-corrected chi connectivity index (χ3v) is 5.59. The summed E-state index contributed by atoms with van der Waals surface area (Å²) in [6.07, 6.45) is 1.63. The molecule has 5 nitrogen and oxygen atoms in total. The van der Waals surface area contributed by atoms with Gasteiger partial charge >= 0.3 is 0 Å². The minimum absolute atomic E-state index is 0.227. The van der Waals surface area contributed by atoms with E-state index in [1.807, 2.05) is 37.3 Å². The van der Waals surface area contributed by atoms with Gasteiger partial charge in [-0.05, 0) is 50.1 Å². The van der Waals surface area contributed by atoms with Crippen molar-refractivity contribution >= 4 is 11.8 Å². The number of aryl methyl sites for hydroxylation is 2. The van der Waals surface area contributed by atoms with Gasteiger partial charge in [-0.1, -0.05) is 47.7 Å². The molecule has 152 valence electrons. The monoisotopic (exact) mass is 409 g/mol. The summed E-state index contributed by atoms with van der Waals surface area (Å²) >= 11 is 1.64. The molecular formula is C23H27N3O2S. The summed E-state index contributed by atoms with van der Waals surface area (Å²) in [6, 6.07) is 14.2. The fourth-order valence-electron chi connectivity index (χ4n) is 3.09. The molecular weight excluding hydrogens is 382 g/mol.